The summed E-state index contributed by atoms with van der Waals surface area (Å²) >= 11 is 0. The van der Waals surface area contributed by atoms with Crippen LogP contribution in [0.3, 0.4) is 0 Å². The number of carbonyl (C=O) groups excluding carboxylic acids is 1. The zero-order chi connectivity index (χ0) is 7.68. The molecule has 2 aromatic heterocycles. The average Bonchev–Trinajstić information content (AvgIpc) is 2.46. The molecule has 0 spiro atoms. The normalized spacial score (nSPS) is 10.2. The molecule has 0 aliphatic rings. The summed E-state index contributed by atoms with van der Waals surface area (Å²) in [4.78, 5) is 14.0. The van der Waals surface area contributed by atoms with Crippen molar-refractivity contribution in [2.24, 2.45) is 0 Å². The second kappa shape index (κ2) is 2.12. The van der Waals surface area contributed by atoms with Crippen molar-refractivity contribution < 1.29 is 9.21 Å². The molecule has 0 saturated heterocycles. The van der Waals surface area contributed by atoms with Crippen LogP contribution in [0.15, 0.2) is 16.7 Å². The third-order valence-corrected chi connectivity index (χ3v) is 1.20. The number of aromatic nitrogens is 3. The van der Waals surface area contributed by atoms with Gasteiger partial charge in [0, 0.05) is 0 Å². The number of nitrogens with zero attached hydrogens (tertiary/aromatic N) is 3. The van der Waals surface area contributed by atoms with E-state index < -0.39 is 0 Å². The molecule has 0 unspecified atom stereocenters. The van der Waals surface area contributed by atoms with E-state index in [1.165, 1.54) is 6.20 Å². The fourth-order valence-electron chi connectivity index (χ4n) is 0.761. The number of carbonyl (C=O) groups is 1. The van der Waals surface area contributed by atoms with E-state index in [1.807, 2.05) is 0 Å². The van der Waals surface area contributed by atoms with Gasteiger partial charge >= 0.3 is 0 Å². The van der Waals surface area contributed by atoms with Crippen LogP contribution < -0.4 is 0 Å². The lowest BCUT2D eigenvalue weighted by Gasteiger charge is -1.77. The van der Waals surface area contributed by atoms with Crippen molar-refractivity contribution in [1.29, 1.82) is 0 Å². The van der Waals surface area contributed by atoms with Crippen molar-refractivity contribution in [3.8, 4) is 0 Å². The van der Waals surface area contributed by atoms with Crippen molar-refractivity contribution in [3.05, 3.63) is 18.2 Å². The Morgan fingerprint density at radius 3 is 3.18 bits per heavy atom. The lowest BCUT2D eigenvalue weighted by molar-refractivity contribution is 0.109. The summed E-state index contributed by atoms with van der Waals surface area (Å²) in [6, 6.07) is 1.62. The van der Waals surface area contributed by atoms with Gasteiger partial charge in [0.25, 0.3) is 11.6 Å². The maximum absolute atomic E-state index is 10.2. The molecule has 5 nitrogen and oxygen atoms in total. The monoisotopic (exact) mass is 149 g/mol. The maximum atomic E-state index is 10.2. The molecule has 5 heteroatoms. The molecule has 0 atom stereocenters. The molecule has 2 heterocycles. The van der Waals surface area contributed by atoms with E-state index in [0.717, 1.165) is 0 Å². The average molecular weight is 149 g/mol. The van der Waals surface area contributed by atoms with Gasteiger partial charge in [-0.05, 0) is 6.07 Å². The van der Waals surface area contributed by atoms with E-state index in [4.69, 9.17) is 4.42 Å². The molecule has 2 rings (SSSR count). The highest BCUT2D eigenvalue weighted by Gasteiger charge is 2.03. The molecule has 0 amide bonds. The number of hydrogen-bond donors (Lipinski definition) is 0. The second-order valence-corrected chi connectivity index (χ2v) is 1.89. The zero-order valence-corrected chi connectivity index (χ0v) is 5.39. The fraction of sp³-hybridized carbons (Fsp3) is 0. The second-order valence-electron chi connectivity index (χ2n) is 1.89. The molecule has 0 aliphatic heterocycles. The van der Waals surface area contributed by atoms with Crippen LogP contribution in [0.1, 0.15) is 10.7 Å². The number of oxazole rings is 1. The summed E-state index contributed by atoms with van der Waals surface area (Å²) in [6.45, 7) is 0. The van der Waals surface area contributed by atoms with Crippen LogP contribution in [0.2, 0.25) is 0 Å². The van der Waals surface area contributed by atoms with E-state index in [0.29, 0.717) is 11.8 Å². The molecule has 11 heavy (non-hydrogen) atoms. The minimum atomic E-state index is 0.0282. The summed E-state index contributed by atoms with van der Waals surface area (Å²) in [5, 5.41) is 7.17. The summed E-state index contributed by atoms with van der Waals surface area (Å²) in [6.07, 6.45) is 2.01. The van der Waals surface area contributed by atoms with E-state index in [-0.39, 0.29) is 11.6 Å². The van der Waals surface area contributed by atoms with Gasteiger partial charge in [-0.15, -0.1) is 5.10 Å². The van der Waals surface area contributed by atoms with Gasteiger partial charge < -0.3 is 4.42 Å². The summed E-state index contributed by atoms with van der Waals surface area (Å²) in [5.41, 5.74) is 0.830. The summed E-state index contributed by atoms with van der Waals surface area (Å²) in [7, 11) is 0. The SMILES string of the molecule is O=Cc1nc2ccnnc2o1. The highest BCUT2D eigenvalue weighted by atomic mass is 16.4. The number of fused-ring (bicyclic) bond motifs is 1. The third kappa shape index (κ3) is 0.861. The lowest BCUT2D eigenvalue weighted by Crippen LogP contribution is -1.76. The first-order chi connectivity index (χ1) is 5.40. The van der Waals surface area contributed by atoms with E-state index in [9.17, 15) is 4.79 Å². The van der Waals surface area contributed by atoms with Crippen LogP contribution in [0.4, 0.5) is 0 Å². The van der Waals surface area contributed by atoms with Crippen molar-refractivity contribution in [2.45, 2.75) is 0 Å². The van der Waals surface area contributed by atoms with Crippen molar-refractivity contribution in [3.63, 3.8) is 0 Å². The Bertz CT molecular complexity index is 362. The molecule has 0 fully saturated rings. The van der Waals surface area contributed by atoms with Gasteiger partial charge in [-0.2, -0.15) is 5.10 Å². The van der Waals surface area contributed by atoms with Gasteiger partial charge in [-0.1, -0.05) is 0 Å². The van der Waals surface area contributed by atoms with Gasteiger partial charge in [0.15, 0.2) is 0 Å². The maximum Gasteiger partial charge on any atom is 0.266 e. The Balaban J connectivity index is 2.78. The highest BCUT2D eigenvalue weighted by Crippen LogP contribution is 2.08. The topological polar surface area (TPSA) is 68.9 Å². The van der Waals surface area contributed by atoms with Crippen LogP contribution in [0.25, 0.3) is 11.2 Å². The Kier molecular flexibility index (Phi) is 1.15. The molecule has 0 saturated carbocycles. The van der Waals surface area contributed by atoms with Gasteiger partial charge in [-0.25, -0.2) is 4.98 Å². The predicted octanol–water partition coefficient (Wildman–Crippen LogP) is 0.430. The quantitative estimate of drug-likeness (QED) is 0.550. The zero-order valence-electron chi connectivity index (χ0n) is 5.39. The molecule has 0 radical (unpaired) electrons. The fourth-order valence-corrected chi connectivity index (χ4v) is 0.761. The number of aldehydes is 1. The first-order valence-corrected chi connectivity index (χ1v) is 2.93. The molecule has 0 N–H and O–H groups in total. The lowest BCUT2D eigenvalue weighted by atomic mass is 10.5. The Labute approximate surface area is 61.1 Å². The van der Waals surface area contributed by atoms with Crippen LogP contribution in [0.5, 0.6) is 0 Å². The predicted molar refractivity (Wildman–Crippen MR) is 35.0 cm³/mol. The van der Waals surface area contributed by atoms with Crippen molar-refractivity contribution >= 4 is 17.5 Å². The van der Waals surface area contributed by atoms with Gasteiger partial charge in [0.1, 0.15) is 5.52 Å². The van der Waals surface area contributed by atoms with Crippen LogP contribution in [-0.2, 0) is 0 Å². The molecule has 0 aromatic carbocycles. The van der Waals surface area contributed by atoms with Crippen LogP contribution in [-0.4, -0.2) is 21.5 Å². The molecule has 54 valence electrons. The number of hydrogen-bond acceptors (Lipinski definition) is 5. The Hall–Kier alpha value is -1.78. The minimum Gasteiger partial charge on any atom is -0.413 e. The van der Waals surface area contributed by atoms with E-state index in [1.54, 1.807) is 6.07 Å². The smallest absolute Gasteiger partial charge is 0.266 e. The van der Waals surface area contributed by atoms with Crippen molar-refractivity contribution in [2.75, 3.05) is 0 Å². The molecule has 2 aromatic rings. The molecule has 0 bridgehead atoms. The van der Waals surface area contributed by atoms with Crippen molar-refractivity contribution in [1.82, 2.24) is 15.2 Å². The molecular weight excluding hydrogens is 146 g/mol. The highest BCUT2D eigenvalue weighted by molar-refractivity contribution is 5.75. The van der Waals surface area contributed by atoms with Gasteiger partial charge in [0.2, 0.25) is 6.29 Å². The Morgan fingerprint density at radius 1 is 1.55 bits per heavy atom. The molecule has 0 aliphatic carbocycles. The first kappa shape index (κ1) is 5.96. The standard InChI is InChI=1S/C6H3N3O2/c10-3-5-8-4-1-2-7-9-6(4)11-5/h1-3H. The van der Waals surface area contributed by atoms with Gasteiger partial charge in [-0.3, -0.25) is 4.79 Å². The Morgan fingerprint density at radius 2 is 2.45 bits per heavy atom. The van der Waals surface area contributed by atoms with E-state index >= 15 is 0 Å². The number of rotatable bonds is 1. The van der Waals surface area contributed by atoms with Crippen LogP contribution in [0, 0.1) is 0 Å². The van der Waals surface area contributed by atoms with E-state index in [2.05, 4.69) is 15.2 Å². The summed E-state index contributed by atoms with van der Waals surface area (Å²) < 4.78 is 4.86. The van der Waals surface area contributed by atoms with Crippen LogP contribution >= 0.6 is 0 Å². The third-order valence-electron chi connectivity index (χ3n) is 1.20. The van der Waals surface area contributed by atoms with Gasteiger partial charge in [0.05, 0.1) is 6.20 Å². The molecular formula is C6H3N3O2. The summed E-state index contributed by atoms with van der Waals surface area (Å²) in [5.74, 6) is 0.0282. The largest absolute Gasteiger partial charge is 0.413 e. The minimum absolute atomic E-state index is 0.0282. The first-order valence-electron chi connectivity index (χ1n) is 2.93.